The quantitative estimate of drug-likeness (QED) is 0.425. The minimum atomic E-state index is -1.11. The number of anilines is 1. The van der Waals surface area contributed by atoms with Crippen molar-refractivity contribution in [3.05, 3.63) is 34.0 Å². The molecule has 0 aromatic carbocycles. The summed E-state index contributed by atoms with van der Waals surface area (Å²) in [6.45, 7) is 6.30. The predicted octanol–water partition coefficient (Wildman–Crippen LogP) is 3.24. The van der Waals surface area contributed by atoms with Gasteiger partial charge in [-0.2, -0.15) is 0 Å². The molecule has 1 fully saturated rings. The van der Waals surface area contributed by atoms with Gasteiger partial charge in [0, 0.05) is 36.5 Å². The molecule has 0 spiro atoms. The van der Waals surface area contributed by atoms with E-state index in [1.54, 1.807) is 6.92 Å². The summed E-state index contributed by atoms with van der Waals surface area (Å²) in [5.74, 6) is -0.519. The van der Waals surface area contributed by atoms with Gasteiger partial charge in [0.15, 0.2) is 0 Å². The number of aliphatic carboxylic acids is 1. The number of pyridine rings is 1. The number of nitrogens with zero attached hydrogens (tertiary/aromatic N) is 3. The normalized spacial score (nSPS) is 20.6. The fourth-order valence-electron chi connectivity index (χ4n) is 3.46. The maximum absolute atomic E-state index is 11.7. The Hall–Kier alpha value is -2.48. The maximum atomic E-state index is 11.7. The largest absolute Gasteiger partial charge is 0.478 e. The molecule has 0 aliphatic heterocycles. The van der Waals surface area contributed by atoms with Crippen molar-refractivity contribution in [2.45, 2.75) is 58.6 Å². The molecule has 1 aromatic rings. The Morgan fingerprint density at radius 2 is 2.04 bits per heavy atom. The van der Waals surface area contributed by atoms with E-state index >= 15 is 0 Å². The number of aliphatic hydroxyl groups is 1. The lowest BCUT2D eigenvalue weighted by Crippen LogP contribution is -2.42. The molecule has 0 amide bonds. The summed E-state index contributed by atoms with van der Waals surface area (Å²) in [7, 11) is 0. The summed E-state index contributed by atoms with van der Waals surface area (Å²) in [6, 6.07) is 1.48. The van der Waals surface area contributed by atoms with Gasteiger partial charge in [-0.25, -0.2) is 9.78 Å². The fraction of sp³-hybridized carbons (Fsp3) is 0.579. The van der Waals surface area contributed by atoms with Gasteiger partial charge in [0.05, 0.1) is 11.0 Å². The number of carbonyl (C=O) groups is 1. The van der Waals surface area contributed by atoms with Crippen LogP contribution in [-0.4, -0.2) is 44.8 Å². The molecule has 1 aromatic heterocycles. The van der Waals surface area contributed by atoms with Crippen LogP contribution in [0.25, 0.3) is 5.57 Å². The molecular formula is C19H27N3O5. The van der Waals surface area contributed by atoms with Crippen molar-refractivity contribution in [1.29, 1.82) is 0 Å². The number of aliphatic hydroxyl groups excluding tert-OH is 1. The van der Waals surface area contributed by atoms with Gasteiger partial charge in [0.25, 0.3) is 0 Å². The Morgan fingerprint density at radius 3 is 2.56 bits per heavy atom. The Bertz CT molecular complexity index is 724. The number of carboxylic acid groups (broad SMARTS) is 1. The lowest BCUT2D eigenvalue weighted by atomic mass is 9.91. The molecule has 1 heterocycles. The van der Waals surface area contributed by atoms with Crippen LogP contribution in [0.3, 0.4) is 0 Å². The summed E-state index contributed by atoms with van der Waals surface area (Å²) in [4.78, 5) is 28.5. The van der Waals surface area contributed by atoms with E-state index in [0.717, 1.165) is 18.9 Å². The summed E-state index contributed by atoms with van der Waals surface area (Å²) < 4.78 is 0. The van der Waals surface area contributed by atoms with Crippen LogP contribution in [0.2, 0.25) is 0 Å². The number of rotatable bonds is 7. The topological polar surface area (TPSA) is 117 Å². The highest BCUT2D eigenvalue weighted by Crippen LogP contribution is 2.34. The molecule has 1 aliphatic rings. The van der Waals surface area contributed by atoms with Crippen LogP contribution in [0.15, 0.2) is 18.3 Å². The Balaban J connectivity index is 2.44. The average molecular weight is 377 g/mol. The third kappa shape index (κ3) is 5.50. The van der Waals surface area contributed by atoms with E-state index in [1.807, 2.05) is 18.7 Å². The van der Waals surface area contributed by atoms with E-state index in [0.29, 0.717) is 36.3 Å². The molecule has 148 valence electrons. The molecule has 0 bridgehead atoms. The number of hydrogen-bond acceptors (Lipinski definition) is 6. The van der Waals surface area contributed by atoms with Crippen molar-refractivity contribution >= 4 is 23.0 Å². The van der Waals surface area contributed by atoms with Gasteiger partial charge >= 0.3 is 11.7 Å². The Labute approximate surface area is 158 Å². The van der Waals surface area contributed by atoms with Crippen LogP contribution in [0.4, 0.5) is 11.5 Å². The fourth-order valence-corrected chi connectivity index (χ4v) is 3.46. The minimum Gasteiger partial charge on any atom is -0.478 e. The van der Waals surface area contributed by atoms with Crippen molar-refractivity contribution in [2.75, 3.05) is 11.4 Å². The molecule has 0 radical (unpaired) electrons. The van der Waals surface area contributed by atoms with Crippen LogP contribution in [0.1, 0.15) is 52.0 Å². The molecule has 2 N–H and O–H groups in total. The Morgan fingerprint density at radius 1 is 1.41 bits per heavy atom. The molecule has 1 saturated carbocycles. The summed E-state index contributed by atoms with van der Waals surface area (Å²) in [6.07, 6.45) is 5.05. The third-order valence-corrected chi connectivity index (χ3v) is 4.78. The highest BCUT2D eigenvalue weighted by molar-refractivity contribution is 5.89. The van der Waals surface area contributed by atoms with E-state index in [4.69, 9.17) is 5.11 Å². The van der Waals surface area contributed by atoms with Gasteiger partial charge in [-0.1, -0.05) is 13.8 Å². The average Bonchev–Trinajstić information content (AvgIpc) is 2.59. The molecule has 2 rings (SSSR count). The van der Waals surface area contributed by atoms with E-state index in [1.165, 1.54) is 12.3 Å². The number of nitro groups is 1. The van der Waals surface area contributed by atoms with Gasteiger partial charge in [0.1, 0.15) is 0 Å². The van der Waals surface area contributed by atoms with E-state index < -0.39 is 10.9 Å². The second kappa shape index (κ2) is 8.94. The van der Waals surface area contributed by atoms with Gasteiger partial charge < -0.3 is 15.1 Å². The standard InChI is InChI=1S/C19H27N3O5/c1-12(2)11-21(15-4-6-16(23)7-5-15)19-17(22(26)27)9-14(10-20-19)13(3)8-18(24)25/h8-10,12,15-16,23H,4-7,11H2,1-3H3,(H,24,25)/b13-8+. The van der Waals surface area contributed by atoms with Crippen molar-refractivity contribution in [2.24, 2.45) is 5.92 Å². The highest BCUT2D eigenvalue weighted by atomic mass is 16.6. The van der Waals surface area contributed by atoms with Crippen molar-refractivity contribution in [3.8, 4) is 0 Å². The molecule has 8 nitrogen and oxygen atoms in total. The molecule has 27 heavy (non-hydrogen) atoms. The molecule has 0 unspecified atom stereocenters. The van der Waals surface area contributed by atoms with Crippen molar-refractivity contribution in [1.82, 2.24) is 4.98 Å². The molecule has 1 aliphatic carbocycles. The lowest BCUT2D eigenvalue weighted by molar-refractivity contribution is -0.384. The van der Waals surface area contributed by atoms with E-state index in [9.17, 15) is 20.0 Å². The smallest absolute Gasteiger partial charge is 0.328 e. The van der Waals surface area contributed by atoms with Crippen LogP contribution < -0.4 is 4.90 Å². The SMILES string of the molecule is C/C(=C\C(=O)O)c1cnc(N(CC(C)C)C2CCC(O)CC2)c([N+](=O)[O-])c1. The van der Waals surface area contributed by atoms with Gasteiger partial charge in [-0.15, -0.1) is 0 Å². The monoisotopic (exact) mass is 377 g/mol. The zero-order valence-electron chi connectivity index (χ0n) is 16.0. The van der Waals surface area contributed by atoms with Gasteiger partial charge in [0.2, 0.25) is 5.82 Å². The second-order valence-corrected chi connectivity index (χ2v) is 7.50. The maximum Gasteiger partial charge on any atom is 0.328 e. The highest BCUT2D eigenvalue weighted by Gasteiger charge is 2.31. The second-order valence-electron chi connectivity index (χ2n) is 7.50. The zero-order chi connectivity index (χ0) is 20.1. The number of hydrogen-bond donors (Lipinski definition) is 2. The molecule has 0 atom stereocenters. The van der Waals surface area contributed by atoms with Crippen LogP contribution >= 0.6 is 0 Å². The summed E-state index contributed by atoms with van der Waals surface area (Å²) in [5.41, 5.74) is 0.690. The lowest BCUT2D eigenvalue weighted by Gasteiger charge is -2.37. The first-order valence-electron chi connectivity index (χ1n) is 9.19. The van der Waals surface area contributed by atoms with E-state index in [2.05, 4.69) is 4.98 Å². The zero-order valence-corrected chi connectivity index (χ0v) is 16.0. The first kappa shape index (κ1) is 20.8. The minimum absolute atomic E-state index is 0.0866. The number of carboxylic acids is 1. The Kier molecular flexibility index (Phi) is 6.90. The van der Waals surface area contributed by atoms with E-state index in [-0.39, 0.29) is 23.8 Å². The number of allylic oxidation sites excluding steroid dienone is 1. The van der Waals surface area contributed by atoms with Crippen molar-refractivity contribution < 1.29 is 19.9 Å². The summed E-state index contributed by atoms with van der Waals surface area (Å²) >= 11 is 0. The van der Waals surface area contributed by atoms with Crippen LogP contribution in [-0.2, 0) is 4.79 Å². The van der Waals surface area contributed by atoms with Crippen LogP contribution in [0, 0.1) is 16.0 Å². The third-order valence-electron chi connectivity index (χ3n) is 4.78. The van der Waals surface area contributed by atoms with Gasteiger partial charge in [-0.05, 0) is 44.1 Å². The first-order chi connectivity index (χ1) is 12.7. The predicted molar refractivity (Wildman–Crippen MR) is 103 cm³/mol. The number of aromatic nitrogens is 1. The van der Waals surface area contributed by atoms with Crippen molar-refractivity contribution in [3.63, 3.8) is 0 Å². The molecular weight excluding hydrogens is 350 g/mol. The van der Waals surface area contributed by atoms with Gasteiger partial charge in [-0.3, -0.25) is 10.1 Å². The van der Waals surface area contributed by atoms with Crippen LogP contribution in [0.5, 0.6) is 0 Å². The molecule has 8 heteroatoms. The first-order valence-corrected chi connectivity index (χ1v) is 9.19. The molecule has 0 saturated heterocycles. The summed E-state index contributed by atoms with van der Waals surface area (Å²) in [5, 5.41) is 30.4.